The zero-order chi connectivity index (χ0) is 21.7. The highest BCUT2D eigenvalue weighted by Crippen LogP contribution is 2.24. The van der Waals surface area contributed by atoms with E-state index in [2.05, 4.69) is 11.8 Å². The lowest BCUT2D eigenvalue weighted by molar-refractivity contribution is -0.137. The minimum atomic E-state index is -0.672. The predicted molar refractivity (Wildman–Crippen MR) is 117 cm³/mol. The topological polar surface area (TPSA) is 98.1 Å². The van der Waals surface area contributed by atoms with Crippen LogP contribution in [-0.2, 0) is 9.59 Å². The minimum Gasteiger partial charge on any atom is -0.483 e. The fourth-order valence-corrected chi connectivity index (χ4v) is 4.12. The van der Waals surface area contributed by atoms with Crippen molar-refractivity contribution < 1.29 is 24.9 Å². The molecule has 1 aliphatic carbocycles. The van der Waals surface area contributed by atoms with Crippen LogP contribution in [0.2, 0.25) is 0 Å². The van der Waals surface area contributed by atoms with E-state index in [1.54, 1.807) is 0 Å². The van der Waals surface area contributed by atoms with Crippen molar-refractivity contribution in [2.75, 3.05) is 13.1 Å². The average Bonchev–Trinajstić information content (AvgIpc) is 2.69. The fourth-order valence-electron chi connectivity index (χ4n) is 4.12. The van der Waals surface area contributed by atoms with Gasteiger partial charge in [-0.05, 0) is 58.0 Å². The third-order valence-corrected chi connectivity index (χ3v) is 5.82. The van der Waals surface area contributed by atoms with Crippen LogP contribution in [0.1, 0.15) is 110 Å². The maximum Gasteiger partial charge on any atom is 0.303 e. The van der Waals surface area contributed by atoms with Gasteiger partial charge in [-0.15, -0.1) is 0 Å². The quantitative estimate of drug-likeness (QED) is 0.240. The molecule has 0 aromatic carbocycles. The maximum atomic E-state index is 10.5. The zero-order valence-electron chi connectivity index (χ0n) is 18.6. The summed E-state index contributed by atoms with van der Waals surface area (Å²) in [6.45, 7) is 4.40. The molecule has 1 fully saturated rings. The predicted octanol–water partition coefficient (Wildman–Crippen LogP) is 5.08. The van der Waals surface area contributed by atoms with Crippen LogP contribution >= 0.6 is 0 Å². The van der Waals surface area contributed by atoms with E-state index < -0.39 is 5.97 Å². The van der Waals surface area contributed by atoms with Crippen LogP contribution < -0.4 is 0 Å². The molecule has 1 rings (SSSR count). The van der Waals surface area contributed by atoms with E-state index in [4.69, 9.17) is 15.0 Å². The molecule has 0 aliphatic heterocycles. The number of rotatable bonds is 16. The average molecular weight is 416 g/mol. The van der Waals surface area contributed by atoms with Crippen molar-refractivity contribution in [3.05, 3.63) is 0 Å². The maximum absolute atomic E-state index is 10.5. The monoisotopic (exact) mass is 415 g/mol. The van der Waals surface area contributed by atoms with Crippen molar-refractivity contribution in [2.24, 2.45) is 0 Å². The molecule has 0 heterocycles. The second kappa shape index (κ2) is 20.1. The fraction of sp³-hybridized carbons (Fsp3) is 0.913. The number of hydrogen-bond acceptors (Lipinski definition) is 4. The number of aliphatic hydroxyl groups excluding tert-OH is 1. The Hall–Kier alpha value is -1.14. The van der Waals surface area contributed by atoms with Crippen molar-refractivity contribution in [1.82, 2.24) is 4.90 Å². The Morgan fingerprint density at radius 1 is 0.862 bits per heavy atom. The summed E-state index contributed by atoms with van der Waals surface area (Å²) >= 11 is 0. The molecular formula is C23H45NO5. The van der Waals surface area contributed by atoms with Crippen LogP contribution in [0.25, 0.3) is 0 Å². The summed E-state index contributed by atoms with van der Waals surface area (Å²) in [5, 5.41) is 25.3. The van der Waals surface area contributed by atoms with Crippen LogP contribution in [-0.4, -0.2) is 57.9 Å². The van der Waals surface area contributed by atoms with Crippen LogP contribution in [0.4, 0.5) is 0 Å². The van der Waals surface area contributed by atoms with Gasteiger partial charge >= 0.3 is 5.97 Å². The van der Waals surface area contributed by atoms with Gasteiger partial charge in [0, 0.05) is 12.5 Å². The number of carboxylic acid groups (broad SMARTS) is 2. The number of unbranched alkanes of at least 4 members (excludes halogenated alkanes) is 9. The van der Waals surface area contributed by atoms with Gasteiger partial charge < -0.3 is 20.2 Å². The molecule has 1 aliphatic rings. The Morgan fingerprint density at radius 3 is 1.79 bits per heavy atom. The second-order valence-corrected chi connectivity index (χ2v) is 8.28. The lowest BCUT2D eigenvalue weighted by atomic mass is 9.91. The molecule has 172 valence electrons. The summed E-state index contributed by atoms with van der Waals surface area (Å²) in [5.41, 5.74) is 0. The van der Waals surface area contributed by atoms with Crippen molar-refractivity contribution >= 4 is 12.4 Å². The molecule has 0 amide bonds. The standard InChI is InChI=1S/C22H43NO3.CH2O2/c1-2-3-4-5-8-11-18-23(20-14-16-21(24)17-15-20)19-12-9-6-7-10-13-22(25)26;2-1-3/h20-21,24H,2-19H2,1H3,(H,25,26);1H,(H,2,3). The van der Waals surface area contributed by atoms with Crippen molar-refractivity contribution in [1.29, 1.82) is 0 Å². The van der Waals surface area contributed by atoms with E-state index in [1.807, 2.05) is 0 Å². The second-order valence-electron chi connectivity index (χ2n) is 8.28. The summed E-state index contributed by atoms with van der Waals surface area (Å²) in [6.07, 6.45) is 18.0. The van der Waals surface area contributed by atoms with Crippen LogP contribution in [0.3, 0.4) is 0 Å². The van der Waals surface area contributed by atoms with Gasteiger partial charge in [-0.1, -0.05) is 58.3 Å². The highest BCUT2D eigenvalue weighted by Gasteiger charge is 2.24. The summed E-state index contributed by atoms with van der Waals surface area (Å²) in [5.74, 6) is -0.672. The summed E-state index contributed by atoms with van der Waals surface area (Å²) < 4.78 is 0. The molecule has 0 unspecified atom stereocenters. The summed E-state index contributed by atoms with van der Waals surface area (Å²) in [7, 11) is 0. The molecule has 29 heavy (non-hydrogen) atoms. The Morgan fingerprint density at radius 2 is 1.31 bits per heavy atom. The molecule has 0 bridgehead atoms. The van der Waals surface area contributed by atoms with E-state index in [9.17, 15) is 9.90 Å². The Balaban J connectivity index is 0.00000245. The summed E-state index contributed by atoms with van der Waals surface area (Å²) in [4.78, 5) is 21.6. The molecule has 0 aromatic rings. The SMILES string of the molecule is CCCCCCCCN(CCCCCCCC(=O)O)C1CCC(O)CC1.O=CO. The highest BCUT2D eigenvalue weighted by molar-refractivity contribution is 5.66. The Labute approximate surface area is 177 Å². The van der Waals surface area contributed by atoms with E-state index in [-0.39, 0.29) is 12.6 Å². The molecule has 0 radical (unpaired) electrons. The van der Waals surface area contributed by atoms with Crippen molar-refractivity contribution in [2.45, 2.75) is 122 Å². The molecule has 1 saturated carbocycles. The zero-order valence-corrected chi connectivity index (χ0v) is 18.6. The first-order valence-electron chi connectivity index (χ1n) is 11.8. The molecule has 0 aromatic heterocycles. The molecule has 6 nitrogen and oxygen atoms in total. The van der Waals surface area contributed by atoms with Gasteiger partial charge in [0.05, 0.1) is 6.10 Å². The van der Waals surface area contributed by atoms with Gasteiger partial charge in [0.15, 0.2) is 0 Å². The highest BCUT2D eigenvalue weighted by atomic mass is 16.4. The third-order valence-electron chi connectivity index (χ3n) is 5.82. The molecule has 0 spiro atoms. The van der Waals surface area contributed by atoms with Crippen molar-refractivity contribution in [3.63, 3.8) is 0 Å². The molecule has 0 saturated heterocycles. The van der Waals surface area contributed by atoms with Gasteiger partial charge in [-0.25, -0.2) is 0 Å². The minimum absolute atomic E-state index is 0.0728. The van der Waals surface area contributed by atoms with Gasteiger partial charge in [0.1, 0.15) is 0 Å². The first-order chi connectivity index (χ1) is 14.0. The third kappa shape index (κ3) is 17.4. The Bertz CT molecular complexity index is 383. The number of carboxylic acids is 1. The van der Waals surface area contributed by atoms with E-state index >= 15 is 0 Å². The molecule has 3 N–H and O–H groups in total. The number of aliphatic hydroxyl groups is 1. The Kier molecular flexibility index (Phi) is 19.4. The smallest absolute Gasteiger partial charge is 0.303 e. The van der Waals surface area contributed by atoms with Gasteiger partial charge in [-0.2, -0.15) is 0 Å². The van der Waals surface area contributed by atoms with Crippen LogP contribution in [0, 0.1) is 0 Å². The first kappa shape index (κ1) is 27.9. The molecule has 6 heteroatoms. The van der Waals surface area contributed by atoms with E-state index in [1.165, 1.54) is 64.5 Å². The number of aliphatic carboxylic acids is 1. The van der Waals surface area contributed by atoms with Gasteiger partial charge in [-0.3, -0.25) is 9.59 Å². The first-order valence-corrected chi connectivity index (χ1v) is 11.8. The van der Waals surface area contributed by atoms with E-state index in [0.29, 0.717) is 12.5 Å². The number of carbonyl (C=O) groups is 2. The molecule has 0 atom stereocenters. The number of hydrogen-bond donors (Lipinski definition) is 3. The normalized spacial score (nSPS) is 18.9. The largest absolute Gasteiger partial charge is 0.483 e. The molecular weight excluding hydrogens is 370 g/mol. The van der Waals surface area contributed by atoms with Crippen LogP contribution in [0.5, 0.6) is 0 Å². The van der Waals surface area contributed by atoms with Crippen molar-refractivity contribution in [3.8, 4) is 0 Å². The number of nitrogens with zero attached hydrogens (tertiary/aromatic N) is 1. The summed E-state index contributed by atoms with van der Waals surface area (Å²) in [6, 6.07) is 0.668. The lowest BCUT2D eigenvalue weighted by Gasteiger charge is -2.36. The lowest BCUT2D eigenvalue weighted by Crippen LogP contribution is -2.40. The van der Waals surface area contributed by atoms with E-state index in [0.717, 1.165) is 44.9 Å². The van der Waals surface area contributed by atoms with Crippen LogP contribution in [0.15, 0.2) is 0 Å². The van der Waals surface area contributed by atoms with Gasteiger partial charge in [0.2, 0.25) is 0 Å². The van der Waals surface area contributed by atoms with Gasteiger partial charge in [0.25, 0.3) is 6.47 Å².